The Hall–Kier alpha value is -1.35. The van der Waals surface area contributed by atoms with Gasteiger partial charge in [-0.15, -0.1) is 4.40 Å². The summed E-state index contributed by atoms with van der Waals surface area (Å²) < 4.78 is 7.33. The van der Waals surface area contributed by atoms with Gasteiger partial charge in [0.2, 0.25) is 11.7 Å². The van der Waals surface area contributed by atoms with Crippen molar-refractivity contribution in [2.24, 2.45) is 0 Å². The van der Waals surface area contributed by atoms with Crippen molar-refractivity contribution >= 4 is 16.6 Å². The molecule has 0 atom stereocenters. The Balaban J connectivity index is 0.000000750. The van der Waals surface area contributed by atoms with Crippen LogP contribution in [-0.4, -0.2) is 0 Å². The van der Waals surface area contributed by atoms with E-state index in [2.05, 4.69) is 18.2 Å². The second-order valence-electron chi connectivity index (χ2n) is 3.00. The molecule has 2 nitrogen and oxygen atoms in total. The number of benzene rings is 1. The van der Waals surface area contributed by atoms with Gasteiger partial charge in [0.25, 0.3) is 0 Å². The van der Waals surface area contributed by atoms with Crippen LogP contribution in [0.15, 0.2) is 53.3 Å². The minimum Gasteiger partial charge on any atom is -1.00 e. The van der Waals surface area contributed by atoms with Crippen molar-refractivity contribution in [1.29, 1.82) is 0 Å². The van der Waals surface area contributed by atoms with Crippen molar-refractivity contribution in [2.75, 3.05) is 0 Å². The Morgan fingerprint density at radius 3 is 2.79 bits per heavy atom. The molecule has 70 valence electrons. The summed E-state index contributed by atoms with van der Waals surface area (Å²) in [6.07, 6.45) is 3.62. The third kappa shape index (κ3) is 1.21. The molecule has 0 amide bonds. The van der Waals surface area contributed by atoms with Gasteiger partial charge in [0, 0.05) is 11.5 Å². The predicted octanol–water partition coefficient (Wildman–Crippen LogP) is -0.824. The van der Waals surface area contributed by atoms with E-state index < -0.39 is 0 Å². The lowest BCUT2D eigenvalue weighted by Gasteiger charge is -1.89. The Morgan fingerprint density at radius 1 is 1.00 bits per heavy atom. The average Bonchev–Trinajstić information content (AvgIpc) is 2.65. The number of fused-ring (bicyclic) bond motifs is 3. The lowest BCUT2D eigenvalue weighted by molar-refractivity contribution is -0.483. The number of oxazole rings is 1. The van der Waals surface area contributed by atoms with Crippen molar-refractivity contribution in [2.45, 2.75) is 0 Å². The number of halogens is 1. The van der Waals surface area contributed by atoms with Crippen molar-refractivity contribution in [3.05, 3.63) is 48.9 Å². The van der Waals surface area contributed by atoms with Gasteiger partial charge in [0.05, 0.1) is 6.07 Å². The third-order valence-electron chi connectivity index (χ3n) is 2.24. The highest BCUT2D eigenvalue weighted by Gasteiger charge is 2.09. The third-order valence-corrected chi connectivity index (χ3v) is 2.24. The highest BCUT2D eigenvalue weighted by atomic mass is 79.9. The molecule has 0 unspecified atom stereocenters. The number of para-hydroxylation sites is 1. The highest BCUT2D eigenvalue weighted by molar-refractivity contribution is 5.76. The SMILES string of the molecule is [Br-].c1ccc2c(c1)ccc1occ[n+]12. The quantitative estimate of drug-likeness (QED) is 0.476. The van der Waals surface area contributed by atoms with E-state index in [1.807, 2.05) is 28.8 Å². The summed E-state index contributed by atoms with van der Waals surface area (Å²) in [5, 5.41) is 1.22. The molecule has 0 radical (unpaired) electrons. The van der Waals surface area contributed by atoms with Crippen molar-refractivity contribution in [3.63, 3.8) is 0 Å². The second kappa shape index (κ2) is 3.42. The first kappa shape index (κ1) is 9.21. The van der Waals surface area contributed by atoms with Crippen LogP contribution < -0.4 is 21.4 Å². The molecule has 0 aliphatic heterocycles. The number of pyridine rings is 1. The molecule has 1 aromatic carbocycles. The molecule has 3 rings (SSSR count). The van der Waals surface area contributed by atoms with Gasteiger partial charge in [0.15, 0.2) is 6.26 Å². The molecule has 0 aliphatic rings. The Bertz CT molecular complexity index is 573. The molecule has 3 aromatic rings. The summed E-state index contributed by atoms with van der Waals surface area (Å²) in [5.41, 5.74) is 2.05. The Kier molecular flexibility index (Phi) is 2.25. The molecule has 3 heteroatoms. The topological polar surface area (TPSA) is 17.2 Å². The second-order valence-corrected chi connectivity index (χ2v) is 3.00. The van der Waals surface area contributed by atoms with E-state index in [4.69, 9.17) is 4.42 Å². The van der Waals surface area contributed by atoms with Gasteiger partial charge in [0.1, 0.15) is 0 Å². The molecule has 0 N–H and O–H groups in total. The lowest BCUT2D eigenvalue weighted by atomic mass is 10.2. The van der Waals surface area contributed by atoms with Crippen LogP contribution in [-0.2, 0) is 0 Å². The number of aromatic nitrogens is 1. The fraction of sp³-hybridized carbons (Fsp3) is 0. The van der Waals surface area contributed by atoms with Gasteiger partial charge in [-0.1, -0.05) is 12.1 Å². The summed E-state index contributed by atoms with van der Waals surface area (Å²) in [6, 6.07) is 12.3. The van der Waals surface area contributed by atoms with E-state index in [9.17, 15) is 0 Å². The number of hydrogen-bond acceptors (Lipinski definition) is 1. The number of rotatable bonds is 0. The molecule has 0 aliphatic carbocycles. The average molecular weight is 250 g/mol. The minimum absolute atomic E-state index is 0. The van der Waals surface area contributed by atoms with Crippen LogP contribution in [0.5, 0.6) is 0 Å². The van der Waals surface area contributed by atoms with Crippen LogP contribution in [0.25, 0.3) is 16.6 Å². The molecular weight excluding hydrogens is 242 g/mol. The van der Waals surface area contributed by atoms with Crippen LogP contribution in [0, 0.1) is 0 Å². The maximum absolute atomic E-state index is 5.29. The molecule has 14 heavy (non-hydrogen) atoms. The minimum atomic E-state index is 0. The largest absolute Gasteiger partial charge is 1.00 e. The van der Waals surface area contributed by atoms with Gasteiger partial charge in [-0.05, 0) is 12.1 Å². The van der Waals surface area contributed by atoms with E-state index in [0.717, 1.165) is 5.71 Å². The molecule has 2 aromatic heterocycles. The summed E-state index contributed by atoms with van der Waals surface area (Å²) in [7, 11) is 0. The zero-order chi connectivity index (χ0) is 8.67. The van der Waals surface area contributed by atoms with Crippen LogP contribution >= 0.6 is 0 Å². The molecular formula is C11H8BrNO. The fourth-order valence-electron chi connectivity index (χ4n) is 1.62. The standard InChI is InChI=1S/C11H8NO.BrH/c1-2-4-10-9(3-1)5-6-11-12(10)7-8-13-11;/h1-8H;1H/q+1;/p-1. The van der Waals surface area contributed by atoms with Gasteiger partial charge in [-0.25, -0.2) is 0 Å². The van der Waals surface area contributed by atoms with Gasteiger partial charge >= 0.3 is 5.71 Å². The van der Waals surface area contributed by atoms with Crippen molar-refractivity contribution in [3.8, 4) is 0 Å². The predicted molar refractivity (Wildman–Crippen MR) is 49.4 cm³/mol. The van der Waals surface area contributed by atoms with Gasteiger partial charge in [-0.2, -0.15) is 0 Å². The van der Waals surface area contributed by atoms with Crippen LogP contribution in [0.1, 0.15) is 0 Å². The van der Waals surface area contributed by atoms with Crippen LogP contribution in [0.2, 0.25) is 0 Å². The molecule has 0 spiro atoms. The maximum atomic E-state index is 5.29. The zero-order valence-corrected chi connectivity index (χ0v) is 8.94. The molecule has 2 heterocycles. The monoisotopic (exact) mass is 249 g/mol. The Morgan fingerprint density at radius 2 is 1.86 bits per heavy atom. The highest BCUT2D eigenvalue weighted by Crippen LogP contribution is 2.10. The van der Waals surface area contributed by atoms with Crippen molar-refractivity contribution < 1.29 is 25.8 Å². The van der Waals surface area contributed by atoms with E-state index in [0.29, 0.717) is 0 Å². The molecule has 0 bridgehead atoms. The zero-order valence-electron chi connectivity index (χ0n) is 7.35. The molecule has 0 saturated carbocycles. The van der Waals surface area contributed by atoms with Gasteiger partial charge < -0.3 is 21.4 Å². The van der Waals surface area contributed by atoms with E-state index >= 15 is 0 Å². The molecule has 0 fully saturated rings. The summed E-state index contributed by atoms with van der Waals surface area (Å²) in [6.45, 7) is 0. The normalized spacial score (nSPS) is 10.3. The lowest BCUT2D eigenvalue weighted by Crippen LogP contribution is -3.00. The Labute approximate surface area is 91.5 Å². The summed E-state index contributed by atoms with van der Waals surface area (Å²) in [4.78, 5) is 0. The first-order chi connectivity index (χ1) is 6.45. The molecule has 0 saturated heterocycles. The van der Waals surface area contributed by atoms with E-state index in [1.165, 1.54) is 10.9 Å². The van der Waals surface area contributed by atoms with Crippen LogP contribution in [0.4, 0.5) is 0 Å². The maximum Gasteiger partial charge on any atom is 0.378 e. The summed E-state index contributed by atoms with van der Waals surface area (Å²) >= 11 is 0. The van der Waals surface area contributed by atoms with Crippen LogP contribution in [0.3, 0.4) is 0 Å². The fourth-order valence-corrected chi connectivity index (χ4v) is 1.62. The van der Waals surface area contributed by atoms with Gasteiger partial charge in [-0.3, -0.25) is 0 Å². The van der Waals surface area contributed by atoms with E-state index in [1.54, 1.807) is 6.26 Å². The first-order valence-corrected chi connectivity index (χ1v) is 4.22. The summed E-state index contributed by atoms with van der Waals surface area (Å²) in [5.74, 6) is 0. The van der Waals surface area contributed by atoms with E-state index in [-0.39, 0.29) is 17.0 Å². The smallest absolute Gasteiger partial charge is 0.378 e. The number of nitrogens with zero attached hydrogens (tertiary/aromatic N) is 1. The number of hydrogen-bond donors (Lipinski definition) is 0. The first-order valence-electron chi connectivity index (χ1n) is 4.22. The van der Waals surface area contributed by atoms with Crippen molar-refractivity contribution in [1.82, 2.24) is 0 Å².